The molecule has 0 saturated carbocycles. The maximum Gasteiger partial charge on any atom is 0.418 e. The number of hydrogen-bond donors (Lipinski definition) is 2. The van der Waals surface area contributed by atoms with E-state index in [2.05, 4.69) is 0 Å². The Morgan fingerprint density at radius 1 is 1.33 bits per heavy atom. The number of rotatable bonds is 1. The van der Waals surface area contributed by atoms with Crippen LogP contribution in [-0.4, -0.2) is 4.98 Å². The molecular formula is C7H5F5N2O. The minimum atomic E-state index is -4.93. The van der Waals surface area contributed by atoms with Crippen LogP contribution in [0.2, 0.25) is 0 Å². The van der Waals surface area contributed by atoms with Crippen LogP contribution < -0.4 is 11.3 Å². The normalized spacial score (nSPS) is 12.1. The molecule has 0 bridgehead atoms. The van der Waals surface area contributed by atoms with E-state index in [4.69, 9.17) is 5.73 Å². The molecule has 84 valence electrons. The average molecular weight is 228 g/mol. The van der Waals surface area contributed by atoms with E-state index in [1.807, 2.05) is 0 Å². The molecule has 0 aliphatic rings. The van der Waals surface area contributed by atoms with Crippen LogP contribution in [-0.2, 0) is 6.18 Å². The predicted octanol–water partition coefficient (Wildman–Crippen LogP) is 1.91. The number of halogens is 5. The molecule has 15 heavy (non-hydrogen) atoms. The van der Waals surface area contributed by atoms with Crippen molar-refractivity contribution in [1.82, 2.24) is 4.98 Å². The maximum absolute atomic E-state index is 12.2. The zero-order valence-electron chi connectivity index (χ0n) is 7.03. The molecule has 0 unspecified atom stereocenters. The fourth-order valence-electron chi connectivity index (χ4n) is 0.942. The SMILES string of the molecule is Nc1c(C(F)(F)F)cc(C(F)F)[nH]c1=O. The van der Waals surface area contributed by atoms with E-state index in [0.717, 1.165) is 0 Å². The summed E-state index contributed by atoms with van der Waals surface area (Å²) in [5, 5.41) is 0. The summed E-state index contributed by atoms with van der Waals surface area (Å²) in [7, 11) is 0. The smallest absolute Gasteiger partial charge is 0.394 e. The van der Waals surface area contributed by atoms with Crippen molar-refractivity contribution in [1.29, 1.82) is 0 Å². The summed E-state index contributed by atoms with van der Waals surface area (Å²) in [6.45, 7) is 0. The van der Waals surface area contributed by atoms with Crippen LogP contribution in [0.15, 0.2) is 10.9 Å². The van der Waals surface area contributed by atoms with Crippen molar-refractivity contribution >= 4 is 5.69 Å². The molecule has 0 saturated heterocycles. The quantitative estimate of drug-likeness (QED) is 0.721. The number of alkyl halides is 5. The highest BCUT2D eigenvalue weighted by Crippen LogP contribution is 2.33. The van der Waals surface area contributed by atoms with E-state index in [-0.39, 0.29) is 6.07 Å². The molecule has 8 heteroatoms. The van der Waals surface area contributed by atoms with Gasteiger partial charge in [-0.25, -0.2) is 8.78 Å². The molecule has 1 heterocycles. The first kappa shape index (κ1) is 11.5. The number of aromatic nitrogens is 1. The lowest BCUT2D eigenvalue weighted by atomic mass is 10.2. The molecular weight excluding hydrogens is 223 g/mol. The summed E-state index contributed by atoms with van der Waals surface area (Å²) < 4.78 is 60.7. The number of aromatic amines is 1. The zero-order valence-corrected chi connectivity index (χ0v) is 7.03. The first-order valence-electron chi connectivity index (χ1n) is 3.61. The highest BCUT2D eigenvalue weighted by Gasteiger charge is 2.35. The highest BCUT2D eigenvalue weighted by atomic mass is 19.4. The lowest BCUT2D eigenvalue weighted by Gasteiger charge is -2.10. The Morgan fingerprint density at radius 2 is 1.87 bits per heavy atom. The van der Waals surface area contributed by atoms with Gasteiger partial charge in [0.05, 0.1) is 11.3 Å². The molecule has 3 nitrogen and oxygen atoms in total. The van der Waals surface area contributed by atoms with Crippen LogP contribution in [0.25, 0.3) is 0 Å². The number of H-pyrrole nitrogens is 1. The molecule has 0 fully saturated rings. The van der Waals surface area contributed by atoms with E-state index >= 15 is 0 Å². The largest absolute Gasteiger partial charge is 0.418 e. The van der Waals surface area contributed by atoms with Gasteiger partial charge in [-0.3, -0.25) is 4.79 Å². The Morgan fingerprint density at radius 3 is 2.27 bits per heavy atom. The second kappa shape index (κ2) is 3.52. The van der Waals surface area contributed by atoms with E-state index < -0.39 is 35.1 Å². The zero-order chi connectivity index (χ0) is 11.8. The molecule has 1 aromatic rings. The summed E-state index contributed by atoms with van der Waals surface area (Å²) in [6, 6.07) is 0.126. The molecule has 1 aromatic heterocycles. The van der Waals surface area contributed by atoms with Crippen LogP contribution in [0, 0.1) is 0 Å². The Kier molecular flexibility index (Phi) is 2.69. The van der Waals surface area contributed by atoms with Gasteiger partial charge in [0, 0.05) is 0 Å². The van der Waals surface area contributed by atoms with Gasteiger partial charge in [-0.05, 0) is 6.07 Å². The van der Waals surface area contributed by atoms with Crippen molar-refractivity contribution in [3.05, 3.63) is 27.7 Å². The van der Waals surface area contributed by atoms with E-state index in [1.54, 1.807) is 4.98 Å². The van der Waals surface area contributed by atoms with Gasteiger partial charge in [0.15, 0.2) is 0 Å². The maximum atomic E-state index is 12.2. The average Bonchev–Trinajstić information content (AvgIpc) is 2.06. The molecule has 0 aromatic carbocycles. The van der Waals surface area contributed by atoms with Crippen molar-refractivity contribution in [3.63, 3.8) is 0 Å². The van der Waals surface area contributed by atoms with Crippen molar-refractivity contribution in [2.75, 3.05) is 5.73 Å². The summed E-state index contributed by atoms with van der Waals surface area (Å²) in [5.74, 6) is 0. The van der Waals surface area contributed by atoms with Gasteiger partial charge >= 0.3 is 6.18 Å². The second-order valence-corrected chi connectivity index (χ2v) is 2.68. The number of nitrogens with one attached hydrogen (secondary N) is 1. The first-order valence-corrected chi connectivity index (χ1v) is 3.61. The Bertz CT molecular complexity index is 422. The van der Waals surface area contributed by atoms with Gasteiger partial charge in [0.25, 0.3) is 12.0 Å². The molecule has 0 aliphatic carbocycles. The molecule has 0 aliphatic heterocycles. The second-order valence-electron chi connectivity index (χ2n) is 2.68. The van der Waals surface area contributed by atoms with Crippen molar-refractivity contribution in [2.45, 2.75) is 12.6 Å². The number of hydrogen-bond acceptors (Lipinski definition) is 2. The Hall–Kier alpha value is -1.60. The molecule has 0 amide bonds. The van der Waals surface area contributed by atoms with E-state index in [0.29, 0.717) is 0 Å². The molecule has 0 atom stereocenters. The van der Waals surface area contributed by atoms with Gasteiger partial charge in [-0.1, -0.05) is 0 Å². The lowest BCUT2D eigenvalue weighted by Crippen LogP contribution is -2.21. The summed E-state index contributed by atoms with van der Waals surface area (Å²) in [6.07, 6.45) is -8.12. The molecule has 0 spiro atoms. The fourth-order valence-corrected chi connectivity index (χ4v) is 0.942. The first-order chi connectivity index (χ1) is 6.73. The van der Waals surface area contributed by atoms with Gasteiger partial charge in [-0.2, -0.15) is 13.2 Å². The summed E-state index contributed by atoms with van der Waals surface area (Å²) in [4.78, 5) is 12.4. The lowest BCUT2D eigenvalue weighted by molar-refractivity contribution is -0.137. The number of anilines is 1. The molecule has 1 rings (SSSR count). The number of nitrogen functional groups attached to an aromatic ring is 1. The Balaban J connectivity index is 3.46. The molecule has 0 radical (unpaired) electrons. The number of pyridine rings is 1. The van der Waals surface area contributed by atoms with Crippen LogP contribution >= 0.6 is 0 Å². The fraction of sp³-hybridized carbons (Fsp3) is 0.286. The summed E-state index contributed by atoms with van der Waals surface area (Å²) >= 11 is 0. The van der Waals surface area contributed by atoms with Crippen molar-refractivity contribution in [3.8, 4) is 0 Å². The van der Waals surface area contributed by atoms with Crippen molar-refractivity contribution in [2.24, 2.45) is 0 Å². The molecule has 3 N–H and O–H groups in total. The minimum absolute atomic E-state index is 0.126. The van der Waals surface area contributed by atoms with Crippen LogP contribution in [0.4, 0.5) is 27.6 Å². The van der Waals surface area contributed by atoms with E-state index in [1.165, 1.54) is 0 Å². The summed E-state index contributed by atoms with van der Waals surface area (Å²) in [5.41, 5.74) is -0.328. The minimum Gasteiger partial charge on any atom is -0.394 e. The van der Waals surface area contributed by atoms with Crippen LogP contribution in [0.5, 0.6) is 0 Å². The predicted molar refractivity (Wildman–Crippen MR) is 41.4 cm³/mol. The van der Waals surface area contributed by atoms with Gasteiger partial charge in [0.1, 0.15) is 5.69 Å². The monoisotopic (exact) mass is 228 g/mol. The van der Waals surface area contributed by atoms with Gasteiger partial charge in [0.2, 0.25) is 0 Å². The topological polar surface area (TPSA) is 58.9 Å². The van der Waals surface area contributed by atoms with Crippen molar-refractivity contribution < 1.29 is 22.0 Å². The van der Waals surface area contributed by atoms with Gasteiger partial charge < -0.3 is 10.7 Å². The van der Waals surface area contributed by atoms with E-state index in [9.17, 15) is 26.7 Å². The highest BCUT2D eigenvalue weighted by molar-refractivity contribution is 5.47. The third kappa shape index (κ3) is 2.25. The van der Waals surface area contributed by atoms with Crippen LogP contribution in [0.3, 0.4) is 0 Å². The number of nitrogens with two attached hydrogens (primary N) is 1. The Labute approximate surface area is 79.7 Å². The van der Waals surface area contributed by atoms with Crippen LogP contribution in [0.1, 0.15) is 17.7 Å². The standard InChI is InChI=1S/C7H5F5N2O/c8-5(9)3-1-2(7(10,11)12)4(13)6(15)14-3/h1,5H,13H2,(H,14,15). The third-order valence-electron chi connectivity index (χ3n) is 1.63. The third-order valence-corrected chi connectivity index (χ3v) is 1.63. The van der Waals surface area contributed by atoms with Gasteiger partial charge in [-0.15, -0.1) is 0 Å².